The summed E-state index contributed by atoms with van der Waals surface area (Å²) in [7, 11) is 0. The standard InChI is InChI=1S/C59H102O6/c1-4-7-10-13-16-19-22-25-27-29-31-34-37-40-43-46-49-52-58(61)64-55-56(54-63-57(60)51-48-45-42-39-36-33-24-21-18-15-12-9-6-3)65-59(62)53-50-47-44-41-38-35-32-30-28-26-23-20-17-14-11-8-5-2/h16,19,25,27,31,33-34,36,40,42-43,45,56H,4-15,17-18,20-24,26,28-30,32,35,37-39,41,44,46-55H2,1-3H3/b19-16+,27-25+,34-31+,36-33+,43-40+,45-42+. The summed E-state index contributed by atoms with van der Waals surface area (Å²) in [4.78, 5) is 38.0. The van der Waals surface area contributed by atoms with E-state index < -0.39 is 6.10 Å². The van der Waals surface area contributed by atoms with Crippen LogP contribution in [0.5, 0.6) is 0 Å². The van der Waals surface area contributed by atoms with Crippen molar-refractivity contribution in [3.8, 4) is 0 Å². The van der Waals surface area contributed by atoms with E-state index in [1.54, 1.807) is 0 Å². The lowest BCUT2D eigenvalue weighted by Gasteiger charge is -2.18. The third-order valence-corrected chi connectivity index (χ3v) is 11.7. The Kier molecular flexibility index (Phi) is 50.9. The Hall–Kier alpha value is -3.15. The summed E-state index contributed by atoms with van der Waals surface area (Å²) in [5.41, 5.74) is 0. The summed E-state index contributed by atoms with van der Waals surface area (Å²) >= 11 is 0. The molecule has 0 aliphatic carbocycles. The molecular formula is C59H102O6. The van der Waals surface area contributed by atoms with E-state index in [0.29, 0.717) is 19.3 Å². The van der Waals surface area contributed by atoms with Gasteiger partial charge in [0.2, 0.25) is 0 Å². The van der Waals surface area contributed by atoms with E-state index in [4.69, 9.17) is 14.2 Å². The highest BCUT2D eigenvalue weighted by Crippen LogP contribution is 2.15. The fourth-order valence-electron chi connectivity index (χ4n) is 7.55. The largest absolute Gasteiger partial charge is 0.462 e. The predicted molar refractivity (Wildman–Crippen MR) is 279 cm³/mol. The van der Waals surface area contributed by atoms with Crippen molar-refractivity contribution in [3.63, 3.8) is 0 Å². The molecular weight excluding hydrogens is 805 g/mol. The number of hydrogen-bond donors (Lipinski definition) is 0. The van der Waals surface area contributed by atoms with Gasteiger partial charge >= 0.3 is 17.9 Å². The average molecular weight is 907 g/mol. The maximum Gasteiger partial charge on any atom is 0.306 e. The predicted octanol–water partition coefficient (Wildman–Crippen LogP) is 18.2. The summed E-state index contributed by atoms with van der Waals surface area (Å²) in [6.45, 7) is 6.52. The smallest absolute Gasteiger partial charge is 0.306 e. The minimum Gasteiger partial charge on any atom is -0.462 e. The lowest BCUT2D eigenvalue weighted by Crippen LogP contribution is -2.30. The van der Waals surface area contributed by atoms with Crippen LogP contribution in [0.2, 0.25) is 0 Å². The van der Waals surface area contributed by atoms with Crippen LogP contribution in [0, 0.1) is 0 Å². The van der Waals surface area contributed by atoms with E-state index in [1.165, 1.54) is 154 Å². The second kappa shape index (κ2) is 53.5. The van der Waals surface area contributed by atoms with Crippen molar-refractivity contribution >= 4 is 17.9 Å². The van der Waals surface area contributed by atoms with Gasteiger partial charge in [0.05, 0.1) is 0 Å². The van der Waals surface area contributed by atoms with Crippen molar-refractivity contribution in [2.24, 2.45) is 0 Å². The van der Waals surface area contributed by atoms with Gasteiger partial charge in [0.1, 0.15) is 13.2 Å². The molecule has 0 aromatic rings. The fraction of sp³-hybridized carbons (Fsp3) is 0.746. The number of allylic oxidation sites excluding steroid dienone is 12. The van der Waals surface area contributed by atoms with Crippen LogP contribution in [0.1, 0.15) is 265 Å². The zero-order valence-corrected chi connectivity index (χ0v) is 42.7. The normalized spacial score (nSPS) is 12.6. The first-order valence-corrected chi connectivity index (χ1v) is 27.4. The highest BCUT2D eigenvalue weighted by atomic mass is 16.6. The van der Waals surface area contributed by atoms with Crippen LogP contribution in [-0.4, -0.2) is 37.2 Å². The Labute approximate surface area is 402 Å². The molecule has 0 radical (unpaired) electrons. The van der Waals surface area contributed by atoms with E-state index in [0.717, 1.165) is 57.8 Å². The van der Waals surface area contributed by atoms with E-state index in [-0.39, 0.29) is 44.0 Å². The average Bonchev–Trinajstić information content (AvgIpc) is 3.30. The Morgan fingerprint density at radius 1 is 0.308 bits per heavy atom. The molecule has 0 saturated carbocycles. The number of rotatable bonds is 49. The monoisotopic (exact) mass is 907 g/mol. The number of hydrogen-bond acceptors (Lipinski definition) is 6. The Bertz CT molecular complexity index is 1230. The van der Waals surface area contributed by atoms with Crippen molar-refractivity contribution in [2.75, 3.05) is 13.2 Å². The van der Waals surface area contributed by atoms with Gasteiger partial charge in [0.25, 0.3) is 0 Å². The molecule has 6 heteroatoms. The van der Waals surface area contributed by atoms with Gasteiger partial charge in [-0.3, -0.25) is 14.4 Å². The summed E-state index contributed by atoms with van der Waals surface area (Å²) in [6.07, 6.45) is 67.6. The SMILES string of the molecule is CCCCC/C=C/C/C=C/C/C=C/C/C=C/CCCC(=O)OCC(COC(=O)CC/C=C/C/C=C/CCCCCCCC)OC(=O)CCCCCCCCCCCCCCCCCCC. The summed E-state index contributed by atoms with van der Waals surface area (Å²) in [6, 6.07) is 0. The topological polar surface area (TPSA) is 78.9 Å². The van der Waals surface area contributed by atoms with E-state index in [1.807, 2.05) is 6.08 Å². The first-order valence-electron chi connectivity index (χ1n) is 27.4. The van der Waals surface area contributed by atoms with Crippen LogP contribution in [0.25, 0.3) is 0 Å². The van der Waals surface area contributed by atoms with Gasteiger partial charge < -0.3 is 14.2 Å². The first-order chi connectivity index (χ1) is 32.0. The molecule has 0 fully saturated rings. The number of carbonyl (C=O) groups is 3. The van der Waals surface area contributed by atoms with E-state index >= 15 is 0 Å². The van der Waals surface area contributed by atoms with Crippen LogP contribution in [0.4, 0.5) is 0 Å². The van der Waals surface area contributed by atoms with Gasteiger partial charge in [0, 0.05) is 19.3 Å². The molecule has 6 nitrogen and oxygen atoms in total. The van der Waals surface area contributed by atoms with Crippen LogP contribution in [0.15, 0.2) is 72.9 Å². The van der Waals surface area contributed by atoms with Crippen molar-refractivity contribution in [1.29, 1.82) is 0 Å². The molecule has 0 N–H and O–H groups in total. The van der Waals surface area contributed by atoms with Crippen LogP contribution >= 0.6 is 0 Å². The molecule has 0 heterocycles. The first kappa shape index (κ1) is 61.9. The number of ether oxygens (including phenoxy) is 3. The Balaban J connectivity index is 4.49. The Morgan fingerprint density at radius 2 is 0.600 bits per heavy atom. The van der Waals surface area contributed by atoms with Gasteiger partial charge in [-0.2, -0.15) is 0 Å². The van der Waals surface area contributed by atoms with Gasteiger partial charge in [-0.05, 0) is 77.0 Å². The lowest BCUT2D eigenvalue weighted by atomic mass is 10.0. The lowest BCUT2D eigenvalue weighted by molar-refractivity contribution is -0.166. The van der Waals surface area contributed by atoms with Crippen molar-refractivity contribution in [3.05, 3.63) is 72.9 Å². The van der Waals surface area contributed by atoms with E-state index in [2.05, 4.69) is 87.6 Å². The summed E-state index contributed by atoms with van der Waals surface area (Å²) in [5, 5.41) is 0. The third-order valence-electron chi connectivity index (χ3n) is 11.7. The molecule has 0 aromatic heterocycles. The highest BCUT2D eigenvalue weighted by Gasteiger charge is 2.19. The molecule has 0 saturated heterocycles. The molecule has 0 bridgehead atoms. The molecule has 1 atom stereocenters. The number of unbranched alkanes of at least 4 members (excludes halogenated alkanes) is 26. The van der Waals surface area contributed by atoms with Crippen LogP contribution < -0.4 is 0 Å². The molecule has 0 rings (SSSR count). The second-order valence-corrected chi connectivity index (χ2v) is 18.1. The van der Waals surface area contributed by atoms with Gasteiger partial charge in [-0.15, -0.1) is 0 Å². The van der Waals surface area contributed by atoms with Crippen molar-refractivity contribution in [2.45, 2.75) is 271 Å². The quantitative estimate of drug-likeness (QED) is 0.0262. The number of esters is 3. The zero-order valence-electron chi connectivity index (χ0n) is 42.7. The molecule has 374 valence electrons. The minimum atomic E-state index is -0.818. The fourth-order valence-corrected chi connectivity index (χ4v) is 7.55. The molecule has 65 heavy (non-hydrogen) atoms. The second-order valence-electron chi connectivity index (χ2n) is 18.1. The van der Waals surface area contributed by atoms with Gasteiger partial charge in [-0.25, -0.2) is 0 Å². The van der Waals surface area contributed by atoms with Crippen molar-refractivity contribution in [1.82, 2.24) is 0 Å². The van der Waals surface area contributed by atoms with Crippen LogP contribution in [-0.2, 0) is 28.6 Å². The van der Waals surface area contributed by atoms with E-state index in [9.17, 15) is 14.4 Å². The Morgan fingerprint density at radius 3 is 1.03 bits per heavy atom. The molecule has 0 spiro atoms. The molecule has 1 unspecified atom stereocenters. The highest BCUT2D eigenvalue weighted by molar-refractivity contribution is 5.71. The molecule has 0 aliphatic heterocycles. The summed E-state index contributed by atoms with van der Waals surface area (Å²) in [5.74, 6) is -1.03. The summed E-state index contributed by atoms with van der Waals surface area (Å²) < 4.78 is 16.7. The number of carbonyl (C=O) groups excluding carboxylic acids is 3. The third kappa shape index (κ3) is 51.7. The maximum absolute atomic E-state index is 12.8. The van der Waals surface area contributed by atoms with Crippen LogP contribution in [0.3, 0.4) is 0 Å². The van der Waals surface area contributed by atoms with Crippen molar-refractivity contribution < 1.29 is 28.6 Å². The molecule has 0 amide bonds. The molecule has 0 aliphatic rings. The molecule has 0 aromatic carbocycles. The minimum absolute atomic E-state index is 0.119. The zero-order chi connectivity index (χ0) is 47.2. The maximum atomic E-state index is 12.8. The van der Waals surface area contributed by atoms with Gasteiger partial charge in [0.15, 0.2) is 6.10 Å². The van der Waals surface area contributed by atoms with Gasteiger partial charge in [-0.1, -0.05) is 241 Å².